The number of hydrogen-bond donors (Lipinski definition) is 0. The predicted octanol–water partition coefficient (Wildman–Crippen LogP) is 3.16. The van der Waals surface area contributed by atoms with Crippen LogP contribution in [0.25, 0.3) is 0 Å². The largest absolute Gasteiger partial charge is 0.338 e. The maximum absolute atomic E-state index is 13.1. The molecule has 1 spiro atoms. The van der Waals surface area contributed by atoms with Crippen molar-refractivity contribution in [2.45, 2.75) is 32.4 Å². The van der Waals surface area contributed by atoms with E-state index in [4.69, 9.17) is 0 Å². The first kappa shape index (κ1) is 15.8. The monoisotopic (exact) mass is 341 g/mol. The van der Waals surface area contributed by atoms with Crippen molar-refractivity contribution in [3.63, 3.8) is 0 Å². The third-order valence-corrected chi connectivity index (χ3v) is 6.07. The summed E-state index contributed by atoms with van der Waals surface area (Å²) in [5.41, 5.74) is 2.33. The molecule has 2 aromatic rings. The second-order valence-electron chi connectivity index (χ2n) is 7.06. The third kappa shape index (κ3) is 3.10. The molecule has 1 amide bonds. The minimum atomic E-state index is -0.156. The Kier molecular flexibility index (Phi) is 4.37. The van der Waals surface area contributed by atoms with Gasteiger partial charge in [0.2, 0.25) is 5.91 Å². The van der Waals surface area contributed by atoms with Crippen LogP contribution in [0.15, 0.2) is 41.4 Å². The zero-order chi connectivity index (χ0) is 16.4. The SMILES string of the molecule is O=C1N(Cc2cccnc2)CC[C@@]12CCCN(Cc1ccsc1)C2. The van der Waals surface area contributed by atoms with Gasteiger partial charge in [-0.2, -0.15) is 11.3 Å². The minimum Gasteiger partial charge on any atom is -0.338 e. The number of piperidine rings is 1. The lowest BCUT2D eigenvalue weighted by Gasteiger charge is -2.39. The first-order chi connectivity index (χ1) is 11.8. The lowest BCUT2D eigenvalue weighted by atomic mass is 9.78. The van der Waals surface area contributed by atoms with E-state index in [-0.39, 0.29) is 5.41 Å². The second kappa shape index (κ2) is 6.65. The van der Waals surface area contributed by atoms with Crippen molar-refractivity contribution in [3.05, 3.63) is 52.5 Å². The van der Waals surface area contributed by atoms with Crippen LogP contribution in [-0.2, 0) is 17.9 Å². The van der Waals surface area contributed by atoms with E-state index in [1.165, 1.54) is 5.56 Å². The van der Waals surface area contributed by atoms with Crippen LogP contribution in [0.5, 0.6) is 0 Å². The standard InChI is InChI=1S/C19H23N3OS/c23-18-19(6-9-22(18)13-16-3-1-7-20-11-16)5-2-8-21(15-19)12-17-4-10-24-14-17/h1,3-4,7,10-11,14H,2,5-6,8-9,12-13,15H2/t19-/m1/s1. The summed E-state index contributed by atoms with van der Waals surface area (Å²) in [4.78, 5) is 21.8. The van der Waals surface area contributed by atoms with E-state index in [1.54, 1.807) is 17.5 Å². The van der Waals surface area contributed by atoms with E-state index in [1.807, 2.05) is 17.2 Å². The van der Waals surface area contributed by atoms with Crippen molar-refractivity contribution in [2.75, 3.05) is 19.6 Å². The molecule has 24 heavy (non-hydrogen) atoms. The van der Waals surface area contributed by atoms with Crippen LogP contribution in [0, 0.1) is 5.41 Å². The summed E-state index contributed by atoms with van der Waals surface area (Å²) in [5.74, 6) is 0.348. The van der Waals surface area contributed by atoms with Gasteiger partial charge < -0.3 is 4.90 Å². The molecule has 1 atom stereocenters. The van der Waals surface area contributed by atoms with Crippen LogP contribution >= 0.6 is 11.3 Å². The van der Waals surface area contributed by atoms with Gasteiger partial charge in [0.25, 0.3) is 0 Å². The number of rotatable bonds is 4. The van der Waals surface area contributed by atoms with Crippen molar-refractivity contribution in [1.29, 1.82) is 0 Å². The Bertz CT molecular complexity index is 688. The van der Waals surface area contributed by atoms with E-state index in [2.05, 4.69) is 32.8 Å². The lowest BCUT2D eigenvalue weighted by Crippen LogP contribution is -2.47. The van der Waals surface area contributed by atoms with Gasteiger partial charge in [-0.1, -0.05) is 6.07 Å². The highest BCUT2D eigenvalue weighted by molar-refractivity contribution is 7.07. The van der Waals surface area contributed by atoms with Gasteiger partial charge in [0.05, 0.1) is 5.41 Å². The zero-order valence-corrected chi connectivity index (χ0v) is 14.7. The maximum atomic E-state index is 13.1. The van der Waals surface area contributed by atoms with Gasteiger partial charge in [0.1, 0.15) is 0 Å². The van der Waals surface area contributed by atoms with Gasteiger partial charge in [-0.25, -0.2) is 0 Å². The van der Waals surface area contributed by atoms with Crippen LogP contribution in [0.4, 0.5) is 0 Å². The number of likely N-dealkylation sites (tertiary alicyclic amines) is 2. The van der Waals surface area contributed by atoms with Crippen LogP contribution in [0.3, 0.4) is 0 Å². The molecule has 126 valence electrons. The highest BCUT2D eigenvalue weighted by Gasteiger charge is 2.48. The summed E-state index contributed by atoms with van der Waals surface area (Å²) in [6, 6.07) is 6.18. The van der Waals surface area contributed by atoms with Crippen molar-refractivity contribution >= 4 is 17.2 Å². The quantitative estimate of drug-likeness (QED) is 0.857. The van der Waals surface area contributed by atoms with Gasteiger partial charge in [0, 0.05) is 38.6 Å². The van der Waals surface area contributed by atoms with Gasteiger partial charge in [-0.15, -0.1) is 0 Å². The smallest absolute Gasteiger partial charge is 0.230 e. The summed E-state index contributed by atoms with van der Waals surface area (Å²) >= 11 is 1.75. The summed E-state index contributed by atoms with van der Waals surface area (Å²) < 4.78 is 0. The second-order valence-corrected chi connectivity index (χ2v) is 7.84. The molecule has 0 N–H and O–H groups in total. The molecular formula is C19H23N3OS. The lowest BCUT2D eigenvalue weighted by molar-refractivity contribution is -0.139. The van der Waals surface area contributed by atoms with Crippen molar-refractivity contribution < 1.29 is 4.79 Å². The topological polar surface area (TPSA) is 36.4 Å². The van der Waals surface area contributed by atoms with Crippen molar-refractivity contribution in [3.8, 4) is 0 Å². The molecule has 2 aliphatic rings. The number of thiophene rings is 1. The Balaban J connectivity index is 1.44. The first-order valence-corrected chi connectivity index (χ1v) is 9.61. The minimum absolute atomic E-state index is 0.156. The number of amides is 1. The van der Waals surface area contributed by atoms with Crippen LogP contribution in [0.2, 0.25) is 0 Å². The molecule has 2 aliphatic heterocycles. The molecule has 0 bridgehead atoms. The fourth-order valence-corrected chi connectivity index (χ4v) is 4.80. The van der Waals surface area contributed by atoms with Gasteiger partial charge in [0.15, 0.2) is 0 Å². The maximum Gasteiger partial charge on any atom is 0.230 e. The van der Waals surface area contributed by atoms with E-state index in [0.29, 0.717) is 12.5 Å². The average molecular weight is 341 g/mol. The number of hydrogen-bond acceptors (Lipinski definition) is 4. The van der Waals surface area contributed by atoms with Crippen LogP contribution in [0.1, 0.15) is 30.4 Å². The molecule has 0 unspecified atom stereocenters. The normalized spacial score (nSPS) is 24.8. The highest BCUT2D eigenvalue weighted by Crippen LogP contribution is 2.41. The molecule has 0 radical (unpaired) electrons. The fourth-order valence-electron chi connectivity index (χ4n) is 4.14. The Hall–Kier alpha value is -1.72. The van der Waals surface area contributed by atoms with Crippen LogP contribution < -0.4 is 0 Å². The molecule has 2 fully saturated rings. The average Bonchev–Trinajstić information content (AvgIpc) is 3.21. The zero-order valence-electron chi connectivity index (χ0n) is 13.9. The number of carbonyl (C=O) groups excluding carboxylic acids is 1. The Morgan fingerprint density at radius 3 is 2.92 bits per heavy atom. The van der Waals surface area contributed by atoms with Crippen molar-refractivity contribution in [1.82, 2.24) is 14.8 Å². The Morgan fingerprint density at radius 2 is 2.12 bits per heavy atom. The van der Waals surface area contributed by atoms with E-state index in [9.17, 15) is 4.79 Å². The molecule has 2 saturated heterocycles. The molecule has 5 heteroatoms. The van der Waals surface area contributed by atoms with Gasteiger partial charge >= 0.3 is 0 Å². The molecule has 4 rings (SSSR count). The molecular weight excluding hydrogens is 318 g/mol. The fraction of sp³-hybridized carbons (Fsp3) is 0.474. The number of aromatic nitrogens is 1. The highest BCUT2D eigenvalue weighted by atomic mass is 32.1. The Morgan fingerprint density at radius 1 is 1.17 bits per heavy atom. The van der Waals surface area contributed by atoms with Gasteiger partial charge in [-0.05, 0) is 59.8 Å². The molecule has 4 nitrogen and oxygen atoms in total. The molecule has 0 saturated carbocycles. The number of pyridine rings is 1. The van der Waals surface area contributed by atoms with Crippen molar-refractivity contribution in [2.24, 2.45) is 5.41 Å². The molecule has 2 aromatic heterocycles. The third-order valence-electron chi connectivity index (χ3n) is 5.34. The van der Waals surface area contributed by atoms with Crippen LogP contribution in [-0.4, -0.2) is 40.3 Å². The van der Waals surface area contributed by atoms with E-state index < -0.39 is 0 Å². The predicted molar refractivity (Wildman–Crippen MR) is 95.5 cm³/mol. The molecule has 0 aliphatic carbocycles. The molecule has 4 heterocycles. The number of nitrogens with zero attached hydrogens (tertiary/aromatic N) is 3. The summed E-state index contributed by atoms with van der Waals surface area (Å²) in [6.45, 7) is 4.55. The number of carbonyl (C=O) groups is 1. The summed E-state index contributed by atoms with van der Waals surface area (Å²) in [7, 11) is 0. The van der Waals surface area contributed by atoms with E-state index >= 15 is 0 Å². The van der Waals surface area contributed by atoms with E-state index in [0.717, 1.165) is 51.0 Å². The van der Waals surface area contributed by atoms with Gasteiger partial charge in [-0.3, -0.25) is 14.7 Å². The summed E-state index contributed by atoms with van der Waals surface area (Å²) in [6.07, 6.45) is 6.79. The molecule has 0 aromatic carbocycles. The first-order valence-electron chi connectivity index (χ1n) is 8.67. The summed E-state index contributed by atoms with van der Waals surface area (Å²) in [5, 5.41) is 4.35. The Labute approximate surface area is 147 Å².